The molecule has 0 aromatic heterocycles. The number of alkyl halides is 2. The average molecular weight is 544 g/mol. The quantitative estimate of drug-likeness (QED) is 0.347. The van der Waals surface area contributed by atoms with Crippen LogP contribution in [0.2, 0.25) is 5.02 Å². The molecule has 35 heavy (non-hydrogen) atoms. The van der Waals surface area contributed by atoms with Crippen LogP contribution in [0.4, 0.5) is 24.5 Å². The van der Waals surface area contributed by atoms with Crippen molar-refractivity contribution in [2.75, 3.05) is 17.7 Å². The van der Waals surface area contributed by atoms with Crippen LogP contribution in [0.15, 0.2) is 54.6 Å². The smallest absolute Gasteiger partial charge is 0.259 e. The van der Waals surface area contributed by atoms with Gasteiger partial charge >= 0.3 is 0 Å². The molecule has 2 amide bonds. The lowest BCUT2D eigenvalue weighted by Gasteiger charge is -2.13. The predicted molar refractivity (Wildman–Crippen MR) is 128 cm³/mol. The van der Waals surface area contributed by atoms with Gasteiger partial charge in [-0.25, -0.2) is 13.2 Å². The van der Waals surface area contributed by atoms with Crippen LogP contribution < -0.4 is 15.4 Å². The summed E-state index contributed by atoms with van der Waals surface area (Å²) in [4.78, 5) is 25.7. The van der Waals surface area contributed by atoms with E-state index in [1.165, 1.54) is 37.4 Å². The lowest BCUT2D eigenvalue weighted by Crippen LogP contribution is -2.19. The van der Waals surface area contributed by atoms with Crippen molar-refractivity contribution in [3.8, 4) is 5.75 Å². The summed E-state index contributed by atoms with van der Waals surface area (Å²) in [6.07, 6.45) is 0. The van der Waals surface area contributed by atoms with E-state index < -0.39 is 45.4 Å². The van der Waals surface area contributed by atoms with Gasteiger partial charge in [-0.3, -0.25) is 9.59 Å². The second kappa shape index (κ2) is 9.60. The van der Waals surface area contributed by atoms with E-state index in [0.29, 0.717) is 5.56 Å². The predicted octanol–water partition coefficient (Wildman–Crippen LogP) is 6.54. The van der Waals surface area contributed by atoms with Crippen molar-refractivity contribution in [3.63, 3.8) is 0 Å². The lowest BCUT2D eigenvalue weighted by molar-refractivity contribution is -0.117. The lowest BCUT2D eigenvalue weighted by atomic mass is 10.1. The number of nitrogens with one attached hydrogen (secondary N) is 2. The molecular weight excluding hydrogens is 528 g/mol. The molecule has 0 radical (unpaired) electrons. The monoisotopic (exact) mass is 542 g/mol. The molecule has 11 heteroatoms. The summed E-state index contributed by atoms with van der Waals surface area (Å²) in [5.41, 5.74) is 0.459. The standard InChI is InChI=1S/C24H16Cl3F3N2O3/c1-35-21-15(22(33)31-13-5-3-12(28)4-6-13)9-14(10-18(21)30)32-23(34)20-19(24(20,26)27)11-2-7-17(29)16(25)8-11/h2-10,19-20H,1H3,(H,31,33)(H,32,34). The van der Waals surface area contributed by atoms with Crippen molar-refractivity contribution in [3.05, 3.63) is 88.2 Å². The second-order valence-corrected chi connectivity index (χ2v) is 9.64. The fourth-order valence-corrected chi connectivity index (χ4v) is 4.78. The van der Waals surface area contributed by atoms with Crippen LogP contribution >= 0.6 is 34.8 Å². The first kappa shape index (κ1) is 25.2. The number of hydrogen-bond acceptors (Lipinski definition) is 3. The topological polar surface area (TPSA) is 67.4 Å². The molecule has 1 aliphatic carbocycles. The first-order valence-electron chi connectivity index (χ1n) is 10.1. The van der Waals surface area contributed by atoms with E-state index in [1.807, 2.05) is 0 Å². The first-order chi connectivity index (χ1) is 16.5. The van der Waals surface area contributed by atoms with Gasteiger partial charge in [0.1, 0.15) is 16.0 Å². The molecule has 3 aromatic carbocycles. The number of hydrogen-bond donors (Lipinski definition) is 2. The zero-order valence-corrected chi connectivity index (χ0v) is 20.1. The maximum absolute atomic E-state index is 14.7. The molecule has 3 aromatic rings. The number of methoxy groups -OCH3 is 1. The summed E-state index contributed by atoms with van der Waals surface area (Å²) in [6, 6.07) is 11.0. The highest BCUT2D eigenvalue weighted by Crippen LogP contribution is 2.65. The van der Waals surface area contributed by atoms with Gasteiger partial charge in [0.05, 0.1) is 23.6 Å². The molecule has 0 saturated heterocycles. The molecule has 2 N–H and O–H groups in total. The summed E-state index contributed by atoms with van der Waals surface area (Å²) in [6.45, 7) is 0. The fraction of sp³-hybridized carbons (Fsp3) is 0.167. The molecule has 1 saturated carbocycles. The minimum Gasteiger partial charge on any atom is -0.493 e. The molecule has 0 heterocycles. The first-order valence-corrected chi connectivity index (χ1v) is 11.2. The Morgan fingerprint density at radius 2 is 1.60 bits per heavy atom. The molecule has 182 valence electrons. The van der Waals surface area contributed by atoms with Gasteiger partial charge < -0.3 is 15.4 Å². The maximum atomic E-state index is 14.7. The molecule has 0 spiro atoms. The van der Waals surface area contributed by atoms with Crippen molar-refractivity contribution in [2.45, 2.75) is 10.3 Å². The minimum absolute atomic E-state index is 0.0514. The SMILES string of the molecule is COc1c(F)cc(NC(=O)C2C(c3ccc(F)c(Cl)c3)C2(Cl)Cl)cc1C(=O)Nc1ccc(F)cc1. The molecule has 0 aliphatic heterocycles. The van der Waals surface area contributed by atoms with Crippen molar-refractivity contribution in [1.82, 2.24) is 0 Å². The summed E-state index contributed by atoms with van der Waals surface area (Å²) >= 11 is 18.4. The van der Waals surface area contributed by atoms with E-state index in [1.54, 1.807) is 0 Å². The van der Waals surface area contributed by atoms with Gasteiger partial charge in [-0.2, -0.15) is 0 Å². The van der Waals surface area contributed by atoms with Crippen LogP contribution in [-0.2, 0) is 4.79 Å². The largest absolute Gasteiger partial charge is 0.493 e. The fourth-order valence-electron chi connectivity index (χ4n) is 3.77. The van der Waals surface area contributed by atoms with Crippen LogP contribution in [0.3, 0.4) is 0 Å². The van der Waals surface area contributed by atoms with Crippen molar-refractivity contribution >= 4 is 58.0 Å². The Balaban J connectivity index is 1.56. The minimum atomic E-state index is -1.50. The number of carbonyl (C=O) groups excluding carboxylic acids is 2. The molecule has 1 aliphatic rings. The Labute approximate surface area is 213 Å². The van der Waals surface area contributed by atoms with E-state index >= 15 is 0 Å². The van der Waals surface area contributed by atoms with Gasteiger partial charge in [0.25, 0.3) is 5.91 Å². The van der Waals surface area contributed by atoms with E-state index in [4.69, 9.17) is 39.5 Å². The number of benzene rings is 3. The zero-order chi connectivity index (χ0) is 25.5. The summed E-state index contributed by atoms with van der Waals surface area (Å²) in [7, 11) is 1.18. The van der Waals surface area contributed by atoms with Gasteiger partial charge in [-0.1, -0.05) is 17.7 Å². The number of amides is 2. The molecule has 2 unspecified atom stereocenters. The number of carbonyl (C=O) groups is 2. The van der Waals surface area contributed by atoms with E-state index in [0.717, 1.165) is 24.3 Å². The van der Waals surface area contributed by atoms with E-state index in [-0.39, 0.29) is 27.7 Å². The molecule has 2 atom stereocenters. The van der Waals surface area contributed by atoms with Gasteiger partial charge in [0, 0.05) is 23.4 Å². The Morgan fingerprint density at radius 3 is 2.23 bits per heavy atom. The highest BCUT2D eigenvalue weighted by atomic mass is 35.5. The summed E-state index contributed by atoms with van der Waals surface area (Å²) < 4.78 is 44.8. The van der Waals surface area contributed by atoms with Gasteiger partial charge in [-0.15, -0.1) is 23.2 Å². The van der Waals surface area contributed by atoms with Gasteiger partial charge in [0.2, 0.25) is 5.91 Å². The van der Waals surface area contributed by atoms with Gasteiger partial charge in [-0.05, 0) is 48.0 Å². The molecule has 0 bridgehead atoms. The van der Waals surface area contributed by atoms with Crippen LogP contribution in [0, 0.1) is 23.4 Å². The Kier molecular flexibility index (Phi) is 6.90. The maximum Gasteiger partial charge on any atom is 0.259 e. The highest BCUT2D eigenvalue weighted by molar-refractivity contribution is 6.53. The van der Waals surface area contributed by atoms with Crippen molar-refractivity contribution in [2.24, 2.45) is 5.92 Å². The second-order valence-electron chi connectivity index (χ2n) is 7.79. The normalized spacial score (nSPS) is 18.0. The zero-order valence-electron chi connectivity index (χ0n) is 17.8. The van der Waals surface area contributed by atoms with Crippen LogP contribution in [0.25, 0.3) is 0 Å². The van der Waals surface area contributed by atoms with Crippen molar-refractivity contribution < 1.29 is 27.5 Å². The number of anilines is 2. The van der Waals surface area contributed by atoms with E-state index in [2.05, 4.69) is 10.6 Å². The average Bonchev–Trinajstić information content (AvgIpc) is 3.38. The molecule has 1 fully saturated rings. The third kappa shape index (κ3) is 5.05. The summed E-state index contributed by atoms with van der Waals surface area (Å²) in [5.74, 6) is -5.42. The number of rotatable bonds is 6. The highest BCUT2D eigenvalue weighted by Gasteiger charge is 2.67. The Hall–Kier alpha value is -2.94. The van der Waals surface area contributed by atoms with Gasteiger partial charge in [0.15, 0.2) is 11.6 Å². The molecule has 4 rings (SSSR count). The summed E-state index contributed by atoms with van der Waals surface area (Å²) in [5, 5.41) is 4.86. The molecule has 5 nitrogen and oxygen atoms in total. The third-order valence-corrected chi connectivity index (χ3v) is 6.73. The van der Waals surface area contributed by atoms with Crippen LogP contribution in [0.5, 0.6) is 5.75 Å². The molecular formula is C24H16Cl3F3N2O3. The number of ether oxygens (including phenoxy) is 1. The Bertz CT molecular complexity index is 1320. The third-order valence-electron chi connectivity index (χ3n) is 5.50. The van der Waals surface area contributed by atoms with Crippen LogP contribution in [0.1, 0.15) is 21.8 Å². The number of halogens is 6. The van der Waals surface area contributed by atoms with Crippen LogP contribution in [-0.4, -0.2) is 23.3 Å². The van der Waals surface area contributed by atoms with Crippen molar-refractivity contribution in [1.29, 1.82) is 0 Å². The van der Waals surface area contributed by atoms with E-state index in [9.17, 15) is 22.8 Å². The Morgan fingerprint density at radius 1 is 0.914 bits per heavy atom.